The Labute approximate surface area is 189 Å². The number of hydrogen-bond donors (Lipinski definition) is 1. The number of rotatable bonds is 4. The van der Waals surface area contributed by atoms with E-state index in [2.05, 4.69) is 72.8 Å². The fourth-order valence-corrected chi connectivity index (χ4v) is 6.10. The number of amides is 1. The lowest BCUT2D eigenvalue weighted by molar-refractivity contribution is -0.0348. The van der Waals surface area contributed by atoms with Gasteiger partial charge in [-0.15, -0.1) is 11.8 Å². The van der Waals surface area contributed by atoms with Crippen LogP contribution < -0.4 is 5.32 Å². The predicted molar refractivity (Wildman–Crippen MR) is 126 cm³/mol. The summed E-state index contributed by atoms with van der Waals surface area (Å²) < 4.78 is 5.92. The first-order valence-electron chi connectivity index (χ1n) is 11.4. The van der Waals surface area contributed by atoms with E-state index in [1.807, 2.05) is 0 Å². The van der Waals surface area contributed by atoms with Gasteiger partial charge in [0, 0.05) is 11.4 Å². The van der Waals surface area contributed by atoms with E-state index in [9.17, 15) is 4.79 Å². The molecule has 2 aromatic rings. The molecule has 0 aromatic heterocycles. The molecule has 2 bridgehead atoms. The van der Waals surface area contributed by atoms with Crippen LogP contribution in [-0.2, 0) is 11.2 Å². The van der Waals surface area contributed by atoms with Crippen molar-refractivity contribution in [3.63, 3.8) is 0 Å². The molecule has 2 atom stereocenters. The maximum atomic E-state index is 12.8. The van der Waals surface area contributed by atoms with Gasteiger partial charge < -0.3 is 10.1 Å². The average Bonchev–Trinajstić information content (AvgIpc) is 3.03. The number of carbonyl (C=O) groups excluding carboxylic acids is 1. The highest BCUT2D eigenvalue weighted by Crippen LogP contribution is 2.46. The van der Waals surface area contributed by atoms with Gasteiger partial charge in [-0.2, -0.15) is 0 Å². The van der Waals surface area contributed by atoms with E-state index in [1.165, 1.54) is 27.1 Å². The monoisotopic (exact) mass is 436 g/mol. The van der Waals surface area contributed by atoms with Crippen LogP contribution in [0.4, 0.5) is 4.79 Å². The van der Waals surface area contributed by atoms with Gasteiger partial charge in [0.2, 0.25) is 0 Å². The molecule has 164 valence electrons. The molecule has 1 N–H and O–H groups in total. The molecule has 1 amide bonds. The van der Waals surface area contributed by atoms with Gasteiger partial charge in [-0.1, -0.05) is 44.2 Å². The Morgan fingerprint density at radius 1 is 1.13 bits per heavy atom. The fraction of sp³-hybridized carbons (Fsp3) is 0.500. The van der Waals surface area contributed by atoms with Crippen LogP contribution in [0.1, 0.15) is 43.9 Å². The van der Waals surface area contributed by atoms with Gasteiger partial charge in [-0.05, 0) is 84.3 Å². The summed E-state index contributed by atoms with van der Waals surface area (Å²) in [6.45, 7) is 7.66. The van der Waals surface area contributed by atoms with Crippen LogP contribution in [0.15, 0.2) is 47.4 Å². The van der Waals surface area contributed by atoms with Crippen LogP contribution in [0.5, 0.6) is 0 Å². The molecule has 4 aliphatic rings. The summed E-state index contributed by atoms with van der Waals surface area (Å²) in [5, 5.41) is 3.23. The summed E-state index contributed by atoms with van der Waals surface area (Å²) in [7, 11) is 0. The van der Waals surface area contributed by atoms with E-state index in [-0.39, 0.29) is 23.7 Å². The van der Waals surface area contributed by atoms with Gasteiger partial charge in [0.15, 0.2) is 0 Å². The van der Waals surface area contributed by atoms with Crippen molar-refractivity contribution in [3.8, 4) is 11.1 Å². The van der Waals surface area contributed by atoms with Crippen LogP contribution in [0, 0.1) is 11.3 Å². The average molecular weight is 437 g/mol. The van der Waals surface area contributed by atoms with Crippen LogP contribution >= 0.6 is 11.8 Å². The van der Waals surface area contributed by atoms with Crippen molar-refractivity contribution in [2.45, 2.75) is 50.2 Å². The van der Waals surface area contributed by atoms with E-state index in [1.54, 1.807) is 11.8 Å². The maximum absolute atomic E-state index is 12.8. The summed E-state index contributed by atoms with van der Waals surface area (Å²) in [5.41, 5.74) is 4.98. The van der Waals surface area contributed by atoms with Crippen molar-refractivity contribution in [2.24, 2.45) is 11.3 Å². The van der Waals surface area contributed by atoms with Crippen LogP contribution in [-0.4, -0.2) is 43.0 Å². The lowest BCUT2D eigenvalue weighted by Crippen LogP contribution is -2.53. The molecule has 1 aliphatic carbocycles. The van der Waals surface area contributed by atoms with E-state index in [4.69, 9.17) is 4.74 Å². The standard InChI is InChI=1S/C26H32N2O2S/c1-26(2)15-20-13-19(18-5-4-6-21(14-18)31-3)7-8-22(20)24(26)27-25(29)30-23-16-28-11-9-17(23)10-12-28/h4-8,13-14,17,23-24H,9-12,15-16H2,1-3H3,(H,27,29)/t23-,24?/m0/s1. The number of piperidine rings is 3. The number of hydrogen-bond acceptors (Lipinski definition) is 4. The van der Waals surface area contributed by atoms with Crippen molar-refractivity contribution < 1.29 is 9.53 Å². The van der Waals surface area contributed by atoms with E-state index in [0.717, 1.165) is 38.9 Å². The molecule has 3 saturated heterocycles. The highest BCUT2D eigenvalue weighted by atomic mass is 32.2. The molecule has 2 aromatic carbocycles. The summed E-state index contributed by atoms with van der Waals surface area (Å²) in [6.07, 6.45) is 5.13. The number of alkyl carbamates (subject to hydrolysis) is 1. The minimum Gasteiger partial charge on any atom is -0.445 e. The third-order valence-electron chi connectivity index (χ3n) is 7.40. The number of carbonyl (C=O) groups is 1. The third-order valence-corrected chi connectivity index (χ3v) is 8.13. The van der Waals surface area contributed by atoms with Crippen LogP contribution in [0.3, 0.4) is 0 Å². The fourth-order valence-electron chi connectivity index (χ4n) is 5.64. The van der Waals surface area contributed by atoms with Crippen molar-refractivity contribution in [1.82, 2.24) is 10.2 Å². The topological polar surface area (TPSA) is 41.6 Å². The molecule has 0 spiro atoms. The number of nitrogens with zero attached hydrogens (tertiary/aromatic N) is 1. The van der Waals surface area contributed by atoms with E-state index in [0.29, 0.717) is 5.92 Å². The zero-order valence-corrected chi connectivity index (χ0v) is 19.5. The first-order valence-corrected chi connectivity index (χ1v) is 12.6. The molecule has 6 rings (SSSR count). The number of benzene rings is 2. The Morgan fingerprint density at radius 2 is 1.90 bits per heavy atom. The summed E-state index contributed by atoms with van der Waals surface area (Å²) in [4.78, 5) is 16.5. The molecule has 4 nitrogen and oxygen atoms in total. The first kappa shape index (κ1) is 20.9. The highest BCUT2D eigenvalue weighted by molar-refractivity contribution is 7.98. The minimum absolute atomic E-state index is 0.0253. The van der Waals surface area contributed by atoms with Gasteiger partial charge in [0.05, 0.1) is 6.04 Å². The second-order valence-corrected chi connectivity index (χ2v) is 10.8. The van der Waals surface area contributed by atoms with E-state index < -0.39 is 0 Å². The number of fused-ring (bicyclic) bond motifs is 4. The molecule has 0 radical (unpaired) electrons. The third kappa shape index (κ3) is 4.10. The molecule has 3 heterocycles. The van der Waals surface area contributed by atoms with Crippen molar-refractivity contribution in [2.75, 3.05) is 25.9 Å². The lowest BCUT2D eigenvalue weighted by atomic mass is 9.85. The predicted octanol–water partition coefficient (Wildman–Crippen LogP) is 5.52. The van der Waals surface area contributed by atoms with Crippen molar-refractivity contribution in [1.29, 1.82) is 0 Å². The van der Waals surface area contributed by atoms with E-state index >= 15 is 0 Å². The Balaban J connectivity index is 1.33. The number of thioether (sulfide) groups is 1. The quantitative estimate of drug-likeness (QED) is 0.641. The second-order valence-electron chi connectivity index (χ2n) is 9.97. The summed E-state index contributed by atoms with van der Waals surface area (Å²) in [6, 6.07) is 15.3. The zero-order valence-electron chi connectivity index (χ0n) is 18.7. The normalized spacial score (nSPS) is 28.2. The van der Waals surface area contributed by atoms with Gasteiger partial charge >= 0.3 is 6.09 Å². The Bertz CT molecular complexity index is 981. The zero-order chi connectivity index (χ0) is 21.6. The summed E-state index contributed by atoms with van der Waals surface area (Å²) >= 11 is 1.76. The van der Waals surface area contributed by atoms with Crippen molar-refractivity contribution in [3.05, 3.63) is 53.6 Å². The highest BCUT2D eigenvalue weighted by Gasteiger charge is 2.42. The number of ether oxygens (including phenoxy) is 1. The molecule has 3 fully saturated rings. The molecule has 0 saturated carbocycles. The van der Waals surface area contributed by atoms with Crippen LogP contribution in [0.2, 0.25) is 0 Å². The number of nitrogens with one attached hydrogen (secondary N) is 1. The molecule has 5 heteroatoms. The smallest absolute Gasteiger partial charge is 0.407 e. The van der Waals surface area contributed by atoms with Crippen molar-refractivity contribution >= 4 is 17.9 Å². The maximum Gasteiger partial charge on any atom is 0.407 e. The van der Waals surface area contributed by atoms with Gasteiger partial charge in [0.25, 0.3) is 0 Å². The molecular weight excluding hydrogens is 404 g/mol. The minimum atomic E-state index is -0.263. The second kappa shape index (κ2) is 8.18. The summed E-state index contributed by atoms with van der Waals surface area (Å²) in [5.74, 6) is 0.527. The largest absolute Gasteiger partial charge is 0.445 e. The Hall–Kier alpha value is -1.98. The van der Waals surface area contributed by atoms with Gasteiger partial charge in [0.1, 0.15) is 6.10 Å². The Kier molecular flexibility index (Phi) is 5.51. The van der Waals surface area contributed by atoms with Crippen LogP contribution in [0.25, 0.3) is 11.1 Å². The molecule has 31 heavy (non-hydrogen) atoms. The van der Waals surface area contributed by atoms with Gasteiger partial charge in [-0.3, -0.25) is 4.90 Å². The van der Waals surface area contributed by atoms with Gasteiger partial charge in [-0.25, -0.2) is 4.79 Å². The SMILES string of the molecule is CSc1cccc(-c2ccc3c(c2)CC(C)(C)C3NC(=O)O[C@H]2CN3CCC2CC3)c1. The first-order chi connectivity index (χ1) is 14.9. The lowest BCUT2D eigenvalue weighted by Gasteiger charge is -2.44. The molecule has 1 unspecified atom stereocenters. The Morgan fingerprint density at radius 3 is 2.61 bits per heavy atom. The molecular formula is C26H32N2O2S. The molecule has 3 aliphatic heterocycles.